The highest BCUT2D eigenvalue weighted by Crippen LogP contribution is 2.21. The number of H-pyrrole nitrogens is 1. The first-order valence-corrected chi connectivity index (χ1v) is 8.05. The molecule has 3 aromatic heterocycles. The number of pyridine rings is 2. The largest absolute Gasteiger partial charge is 0.335 e. The Labute approximate surface area is 152 Å². The number of nitrogens with one attached hydrogen (secondary N) is 1. The second kappa shape index (κ2) is 6.65. The number of aromatic amines is 1. The van der Waals surface area contributed by atoms with Crippen molar-refractivity contribution in [3.8, 4) is 11.3 Å². The number of carbonyl (C=O) groups is 1. The van der Waals surface area contributed by atoms with E-state index in [0.717, 1.165) is 17.7 Å². The maximum atomic E-state index is 13.8. The minimum atomic E-state index is -0.833. The monoisotopic (exact) mass is 365 g/mol. The summed E-state index contributed by atoms with van der Waals surface area (Å²) in [7, 11) is 0. The number of halogens is 2. The molecule has 0 aliphatic rings. The Kier molecular flexibility index (Phi) is 4.17. The van der Waals surface area contributed by atoms with Gasteiger partial charge in [0.1, 0.15) is 11.3 Å². The third-order valence-corrected chi connectivity index (χ3v) is 4.07. The van der Waals surface area contributed by atoms with Crippen LogP contribution in [0.15, 0.2) is 48.9 Å². The van der Waals surface area contributed by atoms with Crippen LogP contribution >= 0.6 is 0 Å². The number of rotatable bonds is 4. The average molecular weight is 365 g/mol. The number of hydrogen-bond acceptors (Lipinski definition) is 5. The Balaban J connectivity index is 1.73. The fraction of sp³-hybridized carbons (Fsp3) is 0.0526. The van der Waals surface area contributed by atoms with Gasteiger partial charge < -0.3 is 10.7 Å². The molecule has 3 N–H and O–H groups in total. The van der Waals surface area contributed by atoms with E-state index in [-0.39, 0.29) is 16.9 Å². The zero-order chi connectivity index (χ0) is 19.0. The van der Waals surface area contributed by atoms with E-state index in [2.05, 4.69) is 19.9 Å². The first-order valence-electron chi connectivity index (χ1n) is 8.05. The number of imidazole rings is 1. The summed E-state index contributed by atoms with van der Waals surface area (Å²) in [5.41, 5.74) is 8.04. The first kappa shape index (κ1) is 16.9. The zero-order valence-electron chi connectivity index (χ0n) is 13.9. The Morgan fingerprint density at radius 2 is 2.00 bits per heavy atom. The molecule has 8 heteroatoms. The molecule has 0 bridgehead atoms. The number of carbonyl (C=O) groups excluding carboxylic acids is 1. The van der Waals surface area contributed by atoms with Crippen LogP contribution in [-0.4, -0.2) is 25.7 Å². The topological polar surface area (TPSA) is 97.5 Å². The van der Waals surface area contributed by atoms with Gasteiger partial charge in [0.25, 0.3) is 0 Å². The fourth-order valence-electron chi connectivity index (χ4n) is 2.76. The van der Waals surface area contributed by atoms with Crippen molar-refractivity contribution in [1.29, 1.82) is 0 Å². The van der Waals surface area contributed by atoms with E-state index in [9.17, 15) is 13.6 Å². The zero-order valence-corrected chi connectivity index (χ0v) is 13.9. The molecule has 3 heterocycles. The highest BCUT2D eigenvalue weighted by Gasteiger charge is 2.17. The van der Waals surface area contributed by atoms with Gasteiger partial charge in [-0.3, -0.25) is 14.8 Å². The Morgan fingerprint density at radius 3 is 2.81 bits per heavy atom. The second-order valence-electron chi connectivity index (χ2n) is 5.91. The summed E-state index contributed by atoms with van der Waals surface area (Å²) < 4.78 is 27.2. The van der Waals surface area contributed by atoms with Gasteiger partial charge in [-0.15, -0.1) is 0 Å². The van der Waals surface area contributed by atoms with Gasteiger partial charge in [-0.25, -0.2) is 13.8 Å². The van der Waals surface area contributed by atoms with Gasteiger partial charge >= 0.3 is 0 Å². The number of benzene rings is 1. The van der Waals surface area contributed by atoms with Crippen molar-refractivity contribution in [1.82, 2.24) is 19.9 Å². The van der Waals surface area contributed by atoms with Crippen LogP contribution in [0.25, 0.3) is 22.3 Å². The van der Waals surface area contributed by atoms with Gasteiger partial charge in [0, 0.05) is 42.3 Å². The van der Waals surface area contributed by atoms with Crippen molar-refractivity contribution in [3.63, 3.8) is 0 Å². The summed E-state index contributed by atoms with van der Waals surface area (Å²) in [6.07, 6.45) is 4.76. The lowest BCUT2D eigenvalue weighted by Crippen LogP contribution is -2.04. The van der Waals surface area contributed by atoms with E-state index in [1.54, 1.807) is 18.5 Å². The average Bonchev–Trinajstić information content (AvgIpc) is 3.12. The predicted octanol–water partition coefficient (Wildman–Crippen LogP) is 2.99. The van der Waals surface area contributed by atoms with Gasteiger partial charge in [-0.1, -0.05) is 0 Å². The maximum Gasteiger partial charge on any atom is 0.228 e. The minimum Gasteiger partial charge on any atom is -0.335 e. The molecule has 0 fully saturated rings. The molecule has 134 valence electrons. The van der Waals surface area contributed by atoms with Crippen LogP contribution in [0, 0.1) is 11.6 Å². The summed E-state index contributed by atoms with van der Waals surface area (Å²) in [5, 5.41) is 0. The molecule has 0 radical (unpaired) electrons. The third kappa shape index (κ3) is 3.18. The minimum absolute atomic E-state index is 0.0829. The smallest absolute Gasteiger partial charge is 0.228 e. The van der Waals surface area contributed by atoms with Crippen molar-refractivity contribution in [2.24, 2.45) is 5.73 Å². The van der Waals surface area contributed by atoms with Crippen LogP contribution in [-0.2, 0) is 6.54 Å². The molecule has 27 heavy (non-hydrogen) atoms. The van der Waals surface area contributed by atoms with E-state index >= 15 is 0 Å². The first-order chi connectivity index (χ1) is 13.0. The molecule has 0 atom stereocenters. The molecular formula is C19H13F2N5O. The van der Waals surface area contributed by atoms with Crippen molar-refractivity contribution in [2.45, 2.75) is 6.54 Å². The van der Waals surface area contributed by atoms with Gasteiger partial charge in [0.2, 0.25) is 5.78 Å². The molecule has 0 saturated carbocycles. The molecule has 0 aliphatic heterocycles. The molecular weight excluding hydrogens is 352 g/mol. The lowest BCUT2D eigenvalue weighted by Gasteiger charge is -2.04. The number of nitrogens with zero attached hydrogens (tertiary/aromatic N) is 3. The SMILES string of the molecule is NCc1cncc(-c2cc(C(=O)c3nc4c(F)cc(F)cc4[nH]3)ccn2)c1. The van der Waals surface area contributed by atoms with Crippen molar-refractivity contribution >= 4 is 16.8 Å². The summed E-state index contributed by atoms with van der Waals surface area (Å²) in [4.78, 5) is 27.7. The van der Waals surface area contributed by atoms with Gasteiger partial charge in [-0.2, -0.15) is 0 Å². The van der Waals surface area contributed by atoms with E-state index in [1.807, 2.05) is 6.07 Å². The molecule has 0 amide bonds. The molecule has 0 unspecified atom stereocenters. The van der Waals surface area contributed by atoms with Crippen LogP contribution in [0.2, 0.25) is 0 Å². The standard InChI is InChI=1S/C19H13F2N5O/c20-13-5-14(21)17-16(6-13)25-19(26-17)18(27)11-1-2-24-15(4-11)12-3-10(7-22)8-23-9-12/h1-6,8-9H,7,22H2,(H,25,26). The predicted molar refractivity (Wildman–Crippen MR) is 94.8 cm³/mol. The quantitative estimate of drug-likeness (QED) is 0.542. The van der Waals surface area contributed by atoms with E-state index in [0.29, 0.717) is 23.4 Å². The molecule has 0 saturated heterocycles. The number of fused-ring (bicyclic) bond motifs is 1. The Hall–Kier alpha value is -3.52. The summed E-state index contributed by atoms with van der Waals surface area (Å²) >= 11 is 0. The molecule has 1 aromatic carbocycles. The number of hydrogen-bond donors (Lipinski definition) is 2. The van der Waals surface area contributed by atoms with Gasteiger partial charge in [-0.05, 0) is 29.8 Å². The Morgan fingerprint density at radius 1 is 1.15 bits per heavy atom. The van der Waals surface area contributed by atoms with Crippen molar-refractivity contribution in [2.75, 3.05) is 0 Å². The number of nitrogens with two attached hydrogens (primary N) is 1. The molecule has 6 nitrogen and oxygen atoms in total. The fourth-order valence-corrected chi connectivity index (χ4v) is 2.76. The van der Waals surface area contributed by atoms with Crippen molar-refractivity contribution < 1.29 is 13.6 Å². The van der Waals surface area contributed by atoms with E-state index in [4.69, 9.17) is 5.73 Å². The van der Waals surface area contributed by atoms with Crippen LogP contribution in [0.1, 0.15) is 21.7 Å². The maximum absolute atomic E-state index is 13.8. The summed E-state index contributed by atoms with van der Waals surface area (Å²) in [6, 6.07) is 6.76. The second-order valence-corrected chi connectivity index (χ2v) is 5.91. The van der Waals surface area contributed by atoms with Crippen molar-refractivity contribution in [3.05, 3.63) is 77.5 Å². The van der Waals surface area contributed by atoms with Gasteiger partial charge in [0.15, 0.2) is 11.6 Å². The van der Waals surface area contributed by atoms with Crippen LogP contribution in [0.5, 0.6) is 0 Å². The lowest BCUT2D eigenvalue weighted by atomic mass is 10.1. The summed E-state index contributed by atoms with van der Waals surface area (Å²) in [6.45, 7) is 0.334. The van der Waals surface area contributed by atoms with Crippen LogP contribution < -0.4 is 5.73 Å². The number of aromatic nitrogens is 4. The van der Waals surface area contributed by atoms with Crippen LogP contribution in [0.3, 0.4) is 0 Å². The van der Waals surface area contributed by atoms with Gasteiger partial charge in [0.05, 0.1) is 11.2 Å². The highest BCUT2D eigenvalue weighted by atomic mass is 19.1. The molecule has 0 spiro atoms. The lowest BCUT2D eigenvalue weighted by molar-refractivity contribution is 0.103. The Bertz CT molecular complexity index is 1170. The molecule has 4 rings (SSSR count). The third-order valence-electron chi connectivity index (χ3n) is 4.07. The number of ketones is 1. The molecule has 0 aliphatic carbocycles. The molecule has 4 aromatic rings. The summed E-state index contributed by atoms with van der Waals surface area (Å²) in [5.74, 6) is -2.13. The van der Waals surface area contributed by atoms with E-state index in [1.165, 1.54) is 12.3 Å². The van der Waals surface area contributed by atoms with Crippen LogP contribution in [0.4, 0.5) is 8.78 Å². The highest BCUT2D eigenvalue weighted by molar-refractivity contribution is 6.08. The normalized spacial score (nSPS) is 11.1. The van der Waals surface area contributed by atoms with E-state index < -0.39 is 17.4 Å².